The van der Waals surface area contributed by atoms with Crippen LogP contribution in [0.15, 0.2) is 0 Å². The lowest BCUT2D eigenvalue weighted by Crippen LogP contribution is -2.53. The third-order valence-electron chi connectivity index (χ3n) is 1.29. The monoisotopic (exact) mass is 169 g/mol. The maximum Gasteiger partial charge on any atom is 0.186 e. The van der Waals surface area contributed by atoms with Gasteiger partial charge >= 0.3 is 0 Å². The molecule has 64 valence electrons. The van der Waals surface area contributed by atoms with Gasteiger partial charge in [0, 0.05) is 0 Å². The van der Waals surface area contributed by atoms with Crippen LogP contribution < -0.4 is 0 Å². The third kappa shape index (κ3) is 0.969. The molecule has 0 aliphatic carbocycles. The summed E-state index contributed by atoms with van der Waals surface area (Å²) in [6.45, 7) is -3.30. The van der Waals surface area contributed by atoms with Gasteiger partial charge in [-0.05, 0) is 0 Å². The number of ether oxygens (including phenoxy) is 2. The highest BCUT2D eigenvalue weighted by Crippen LogP contribution is 2.27. The highest BCUT2D eigenvalue weighted by molar-refractivity contribution is 4.92. The van der Waals surface area contributed by atoms with Crippen LogP contribution in [0.25, 0.3) is 0 Å². The fourth-order valence-electron chi connectivity index (χ4n) is 0.737. The average molecular weight is 169 g/mol. The van der Waals surface area contributed by atoms with Crippen molar-refractivity contribution in [1.82, 2.24) is 0 Å². The first-order valence-corrected chi connectivity index (χ1v) is 2.74. The quantitative estimate of drug-likeness (QED) is 0.384. The predicted molar refractivity (Wildman–Crippen MR) is 32.6 cm³/mol. The van der Waals surface area contributed by atoms with Crippen molar-refractivity contribution in [3.8, 4) is 0 Å². The predicted octanol–water partition coefficient (Wildman–Crippen LogP) is -2.18. The topological polar surface area (TPSA) is 79.2 Å². The van der Waals surface area contributed by atoms with E-state index in [1.165, 1.54) is 0 Å². The fourth-order valence-corrected chi connectivity index (χ4v) is 0.737. The first-order chi connectivity index (χ1) is 7.66. The molecule has 0 saturated carbocycles. The molecule has 0 aromatic heterocycles. The van der Waals surface area contributed by atoms with Gasteiger partial charge in [-0.1, -0.05) is 0 Å². The van der Waals surface area contributed by atoms with Crippen LogP contribution in [0.4, 0.5) is 0 Å². The lowest BCUT2D eigenvalue weighted by molar-refractivity contribution is -0.228. The van der Waals surface area contributed by atoms with E-state index in [4.69, 9.17) is 9.60 Å². The third-order valence-corrected chi connectivity index (χ3v) is 1.29. The summed E-state index contributed by atoms with van der Waals surface area (Å²) >= 11 is 0. The van der Waals surface area contributed by atoms with Crippen molar-refractivity contribution in [3.05, 3.63) is 0 Å². The highest BCUT2D eigenvalue weighted by atomic mass is 16.7. The Morgan fingerprint density at radius 3 is 2.73 bits per heavy atom. The van der Waals surface area contributed by atoms with Gasteiger partial charge in [0.1, 0.15) is 24.3 Å². The van der Waals surface area contributed by atoms with Crippen LogP contribution in [-0.4, -0.2) is 52.5 Å². The summed E-state index contributed by atoms with van der Waals surface area (Å²) in [5.41, 5.74) is 0. The lowest BCUT2D eigenvalue weighted by Gasteiger charge is -2.32. The molecule has 0 aromatic rings. The van der Waals surface area contributed by atoms with E-state index in [9.17, 15) is 15.3 Å². The van der Waals surface area contributed by atoms with Crippen molar-refractivity contribution in [2.24, 2.45) is 0 Å². The van der Waals surface area contributed by atoms with Crippen molar-refractivity contribution < 1.29 is 34.4 Å². The van der Waals surface area contributed by atoms with Crippen LogP contribution in [0.5, 0.6) is 0 Å². The Morgan fingerprint density at radius 2 is 2.00 bits per heavy atom. The molecule has 2 aliphatic heterocycles. The largest absolute Gasteiger partial charge is 0.387 e. The lowest BCUT2D eigenvalue weighted by atomic mass is 10.0. The van der Waals surface area contributed by atoms with Crippen LogP contribution in [0, 0.1) is 0 Å². The summed E-state index contributed by atoms with van der Waals surface area (Å²) in [6, 6.07) is 0. The molecule has 11 heavy (non-hydrogen) atoms. The Morgan fingerprint density at radius 1 is 1.27 bits per heavy atom. The van der Waals surface area contributed by atoms with Crippen molar-refractivity contribution in [1.29, 1.82) is 0 Å². The highest BCUT2D eigenvalue weighted by Gasteiger charge is 2.48. The summed E-state index contributed by atoms with van der Waals surface area (Å²) in [7, 11) is 0. The Bertz CT molecular complexity index is 411. The zero-order valence-electron chi connectivity index (χ0n) is 12.2. The smallest absolute Gasteiger partial charge is 0.186 e. The normalized spacial score (nSPS) is 104. The molecule has 3 N–H and O–H groups in total. The molecule has 2 rings (SSSR count). The molecule has 0 aromatic carbocycles. The van der Waals surface area contributed by atoms with E-state index in [-0.39, 0.29) is 0 Å². The number of rotatable bonds is 0. The second kappa shape index (κ2) is 2.40. The van der Waals surface area contributed by atoms with E-state index in [1.54, 1.807) is 0 Å². The van der Waals surface area contributed by atoms with E-state index in [2.05, 4.69) is 9.47 Å². The Hall–Kier alpha value is -0.200. The van der Waals surface area contributed by atoms with E-state index < -0.39 is 37.1 Å². The second-order valence-corrected chi connectivity index (χ2v) is 1.97. The minimum atomic E-state index is -3.81. The molecular formula is C6H10O5. The zero-order valence-corrected chi connectivity index (χ0v) is 5.16. The molecule has 2 fully saturated rings. The number of fused-ring (bicyclic) bond motifs is 2. The van der Waals surface area contributed by atoms with Gasteiger partial charge in [0.05, 0.1) is 16.2 Å². The van der Waals surface area contributed by atoms with Crippen molar-refractivity contribution in [2.45, 2.75) is 30.6 Å². The van der Waals surface area contributed by atoms with Gasteiger partial charge in [0.2, 0.25) is 0 Å². The van der Waals surface area contributed by atoms with Gasteiger partial charge in [-0.3, -0.25) is 0 Å². The number of hydrogen-bond donors (Lipinski definition) is 3. The van der Waals surface area contributed by atoms with Crippen molar-refractivity contribution >= 4 is 0 Å². The van der Waals surface area contributed by atoms with Crippen LogP contribution in [0.3, 0.4) is 0 Å². The summed E-state index contributed by atoms with van der Waals surface area (Å²) in [4.78, 5) is 0. The number of aliphatic hydroxyl groups is 3. The van der Waals surface area contributed by atoms with Crippen molar-refractivity contribution in [3.63, 3.8) is 0 Å². The van der Waals surface area contributed by atoms with E-state index in [0.717, 1.165) is 0 Å². The first-order valence-electron chi connectivity index (χ1n) is 6.24. The molecule has 0 unspecified atom stereocenters. The average Bonchev–Trinajstić information content (AvgIpc) is 2.32. The molecule has 0 spiro atoms. The van der Waals surface area contributed by atoms with Crippen molar-refractivity contribution in [2.75, 3.05) is 6.56 Å². The summed E-state index contributed by atoms with van der Waals surface area (Å²) in [6.07, 6.45) is -18.0. The molecule has 5 atom stereocenters. The minimum absolute atomic E-state index is 3.30. The molecule has 2 bridgehead atoms. The number of hydrogen-bond acceptors (Lipinski definition) is 5. The zero-order chi connectivity index (χ0) is 14.4. The summed E-state index contributed by atoms with van der Waals surface area (Å²) in [5, 5.41) is 28.9. The maximum absolute atomic E-state index is 9.67. The molecule has 5 nitrogen and oxygen atoms in total. The summed E-state index contributed by atoms with van der Waals surface area (Å²) < 4.78 is 60.0. The molecule has 0 amide bonds. The van der Waals surface area contributed by atoms with Gasteiger partial charge in [-0.25, -0.2) is 0 Å². The van der Waals surface area contributed by atoms with Crippen LogP contribution in [-0.2, 0) is 9.47 Å². The summed E-state index contributed by atoms with van der Waals surface area (Å²) in [5.74, 6) is 0. The standard InChI is InChI=1S/C6H10O5/c7-3-2-1-10-6(11-2)5(9)4(3)8/h2-9H,1H2/t2-,3-,4+,5-,6-/m1/s1/i1D2,2D,3D,4D,5D,6D. The second-order valence-electron chi connectivity index (χ2n) is 1.97. The maximum atomic E-state index is 9.67. The van der Waals surface area contributed by atoms with Crippen LogP contribution >= 0.6 is 0 Å². The molecule has 2 aliphatic rings. The Labute approximate surface area is 73.0 Å². The van der Waals surface area contributed by atoms with Gasteiger partial charge in [-0.2, -0.15) is 0 Å². The van der Waals surface area contributed by atoms with E-state index in [1.807, 2.05) is 0 Å². The molecule has 5 heteroatoms. The molecule has 2 heterocycles. The van der Waals surface area contributed by atoms with Gasteiger partial charge in [-0.15, -0.1) is 0 Å². The molecule has 2 saturated heterocycles. The van der Waals surface area contributed by atoms with Crippen LogP contribution in [0.2, 0.25) is 0 Å². The van der Waals surface area contributed by atoms with E-state index in [0.29, 0.717) is 0 Å². The Kier molecular flexibility index (Phi) is 0.639. The van der Waals surface area contributed by atoms with Crippen LogP contribution in [0.1, 0.15) is 9.60 Å². The van der Waals surface area contributed by atoms with Gasteiger partial charge in [0.25, 0.3) is 0 Å². The first kappa shape index (κ1) is 2.93. The Balaban J connectivity index is 2.76. The van der Waals surface area contributed by atoms with Gasteiger partial charge < -0.3 is 24.8 Å². The molecular weight excluding hydrogens is 152 g/mol. The fraction of sp³-hybridized carbons (Fsp3) is 1.00. The minimum Gasteiger partial charge on any atom is -0.387 e. The molecule has 0 radical (unpaired) electrons. The SMILES string of the molecule is [2H]C1([2H])O[C@]2([2H])O[C@@]1([2H])[C@@]([2H])(O)[C@]([2H])(O)[C@@]2([2H])O. The van der Waals surface area contributed by atoms with Gasteiger partial charge in [0.15, 0.2) is 6.27 Å². The van der Waals surface area contributed by atoms with E-state index >= 15 is 0 Å².